The van der Waals surface area contributed by atoms with Gasteiger partial charge in [0.15, 0.2) is 0 Å². The van der Waals surface area contributed by atoms with E-state index in [1.54, 1.807) is 11.8 Å². The molecule has 1 aliphatic heterocycles. The molecular formula is C18H22BrN3O3. The summed E-state index contributed by atoms with van der Waals surface area (Å²) in [6, 6.07) is 1.98. The molecule has 1 atom stereocenters. The number of aromatic nitrogens is 2. The maximum absolute atomic E-state index is 13.1. The summed E-state index contributed by atoms with van der Waals surface area (Å²) in [6.45, 7) is 7.03. The summed E-state index contributed by atoms with van der Waals surface area (Å²) in [5.74, 6) is -0.546. The van der Waals surface area contributed by atoms with Crippen LogP contribution in [0, 0.1) is 19.8 Å². The number of carbonyl (C=O) groups excluding carboxylic acids is 2. The Hall–Kier alpha value is -1.89. The third-order valence-electron chi connectivity index (χ3n) is 4.58. The number of esters is 1. The topological polar surface area (TPSA) is 63.9 Å². The second kappa shape index (κ2) is 7.15. The van der Waals surface area contributed by atoms with E-state index in [-0.39, 0.29) is 17.8 Å². The summed E-state index contributed by atoms with van der Waals surface area (Å²) in [5, 5.41) is 0. The maximum atomic E-state index is 13.1. The number of halogens is 1. The van der Waals surface area contributed by atoms with Gasteiger partial charge in [-0.3, -0.25) is 14.0 Å². The van der Waals surface area contributed by atoms with Gasteiger partial charge in [0.25, 0.3) is 5.91 Å². The number of likely N-dealkylation sites (tertiary alicyclic amines) is 1. The Kier molecular flexibility index (Phi) is 5.13. The van der Waals surface area contributed by atoms with Crippen molar-refractivity contribution >= 4 is 33.5 Å². The van der Waals surface area contributed by atoms with Crippen LogP contribution in [0.3, 0.4) is 0 Å². The Morgan fingerprint density at radius 3 is 2.88 bits per heavy atom. The van der Waals surface area contributed by atoms with Gasteiger partial charge in [0, 0.05) is 23.8 Å². The van der Waals surface area contributed by atoms with E-state index in [1.807, 2.05) is 30.5 Å². The molecule has 1 aliphatic rings. The van der Waals surface area contributed by atoms with Gasteiger partial charge in [-0.25, -0.2) is 4.98 Å². The zero-order chi connectivity index (χ0) is 18.1. The van der Waals surface area contributed by atoms with Crippen molar-refractivity contribution < 1.29 is 14.3 Å². The number of piperidine rings is 1. The molecule has 3 rings (SSSR count). The molecule has 3 heterocycles. The largest absolute Gasteiger partial charge is 0.466 e. The molecule has 7 heteroatoms. The number of rotatable bonds is 3. The van der Waals surface area contributed by atoms with E-state index in [0.29, 0.717) is 31.1 Å². The molecule has 0 N–H and O–H groups in total. The van der Waals surface area contributed by atoms with Crippen molar-refractivity contribution in [3.8, 4) is 0 Å². The highest BCUT2D eigenvalue weighted by Gasteiger charge is 2.31. The summed E-state index contributed by atoms with van der Waals surface area (Å²) < 4.78 is 7.86. The van der Waals surface area contributed by atoms with Crippen LogP contribution in [0.4, 0.5) is 0 Å². The average Bonchev–Trinajstić information content (AvgIpc) is 2.91. The van der Waals surface area contributed by atoms with Crippen molar-refractivity contribution in [2.24, 2.45) is 5.92 Å². The van der Waals surface area contributed by atoms with Crippen molar-refractivity contribution in [1.82, 2.24) is 14.3 Å². The van der Waals surface area contributed by atoms with E-state index in [0.717, 1.165) is 28.5 Å². The zero-order valence-corrected chi connectivity index (χ0v) is 16.3. The molecule has 0 spiro atoms. The molecule has 1 unspecified atom stereocenters. The molecule has 1 amide bonds. The lowest BCUT2D eigenvalue weighted by molar-refractivity contribution is -0.149. The fourth-order valence-corrected chi connectivity index (χ4v) is 3.95. The van der Waals surface area contributed by atoms with Crippen LogP contribution in [0.5, 0.6) is 0 Å². The minimum absolute atomic E-state index is 0.0866. The summed E-state index contributed by atoms with van der Waals surface area (Å²) in [4.78, 5) is 31.5. The number of fused-ring (bicyclic) bond motifs is 1. The van der Waals surface area contributed by atoms with Crippen molar-refractivity contribution in [2.45, 2.75) is 33.6 Å². The van der Waals surface area contributed by atoms with Crippen LogP contribution in [0.15, 0.2) is 16.7 Å². The summed E-state index contributed by atoms with van der Waals surface area (Å²) in [5.41, 5.74) is 3.04. The number of carbonyl (C=O) groups is 2. The molecule has 25 heavy (non-hydrogen) atoms. The normalized spacial score (nSPS) is 17.8. The molecule has 1 fully saturated rings. The van der Waals surface area contributed by atoms with Gasteiger partial charge >= 0.3 is 5.97 Å². The fourth-order valence-electron chi connectivity index (χ4n) is 3.40. The summed E-state index contributed by atoms with van der Waals surface area (Å²) >= 11 is 3.48. The maximum Gasteiger partial charge on any atom is 0.310 e. The number of imidazole rings is 1. The third kappa shape index (κ3) is 3.42. The van der Waals surface area contributed by atoms with Gasteiger partial charge in [0.2, 0.25) is 0 Å². The van der Waals surface area contributed by atoms with E-state index < -0.39 is 0 Å². The van der Waals surface area contributed by atoms with Gasteiger partial charge in [0.05, 0.1) is 18.2 Å². The molecular weight excluding hydrogens is 386 g/mol. The standard InChI is InChI=1S/C18H22BrN3O3/c1-4-25-18(24)13-6-5-7-21(9-13)17(23)15-12(3)20-16-11(2)8-14(19)10-22(15)16/h8,10,13H,4-7,9H2,1-3H3. The second-order valence-electron chi connectivity index (χ2n) is 6.42. The fraction of sp³-hybridized carbons (Fsp3) is 0.500. The highest BCUT2D eigenvalue weighted by Crippen LogP contribution is 2.24. The Bertz CT molecular complexity index is 831. The number of pyridine rings is 1. The first-order valence-electron chi connectivity index (χ1n) is 8.53. The van der Waals surface area contributed by atoms with Gasteiger partial charge in [-0.15, -0.1) is 0 Å². The van der Waals surface area contributed by atoms with Crippen LogP contribution in [-0.2, 0) is 9.53 Å². The Labute approximate surface area is 155 Å². The molecule has 2 aromatic heterocycles. The lowest BCUT2D eigenvalue weighted by Gasteiger charge is -2.31. The van der Waals surface area contributed by atoms with E-state index in [4.69, 9.17) is 4.74 Å². The van der Waals surface area contributed by atoms with Gasteiger partial charge in [-0.1, -0.05) is 0 Å². The van der Waals surface area contributed by atoms with Crippen LogP contribution in [0.2, 0.25) is 0 Å². The van der Waals surface area contributed by atoms with Crippen LogP contribution in [0.1, 0.15) is 41.5 Å². The third-order valence-corrected chi connectivity index (χ3v) is 5.01. The van der Waals surface area contributed by atoms with Crippen LogP contribution >= 0.6 is 15.9 Å². The van der Waals surface area contributed by atoms with Crippen LogP contribution in [0.25, 0.3) is 5.65 Å². The molecule has 134 valence electrons. The minimum atomic E-state index is -0.245. The monoisotopic (exact) mass is 407 g/mol. The lowest BCUT2D eigenvalue weighted by atomic mass is 9.98. The molecule has 0 aliphatic carbocycles. The van der Waals surface area contributed by atoms with E-state index in [9.17, 15) is 9.59 Å². The smallest absolute Gasteiger partial charge is 0.310 e. The molecule has 0 aromatic carbocycles. The molecule has 2 aromatic rings. The van der Waals surface area contributed by atoms with Gasteiger partial charge in [0.1, 0.15) is 11.3 Å². The zero-order valence-electron chi connectivity index (χ0n) is 14.7. The molecule has 0 radical (unpaired) electrons. The van der Waals surface area contributed by atoms with E-state index >= 15 is 0 Å². The molecule has 0 bridgehead atoms. The highest BCUT2D eigenvalue weighted by molar-refractivity contribution is 9.10. The van der Waals surface area contributed by atoms with Gasteiger partial charge in [-0.2, -0.15) is 0 Å². The first-order valence-corrected chi connectivity index (χ1v) is 9.32. The van der Waals surface area contributed by atoms with Crippen molar-refractivity contribution in [1.29, 1.82) is 0 Å². The van der Waals surface area contributed by atoms with E-state index in [2.05, 4.69) is 20.9 Å². The Morgan fingerprint density at radius 1 is 1.40 bits per heavy atom. The summed E-state index contributed by atoms with van der Waals surface area (Å²) in [6.07, 6.45) is 3.43. The van der Waals surface area contributed by atoms with Gasteiger partial charge < -0.3 is 9.64 Å². The molecule has 0 saturated carbocycles. The predicted molar refractivity (Wildman–Crippen MR) is 97.6 cm³/mol. The SMILES string of the molecule is CCOC(=O)C1CCCN(C(=O)c2c(C)nc3c(C)cc(Br)cn23)C1. The highest BCUT2D eigenvalue weighted by atomic mass is 79.9. The lowest BCUT2D eigenvalue weighted by Crippen LogP contribution is -2.43. The number of aryl methyl sites for hydroxylation is 2. The van der Waals surface area contributed by atoms with Crippen molar-refractivity contribution in [3.05, 3.63) is 33.7 Å². The van der Waals surface area contributed by atoms with Gasteiger partial charge in [-0.05, 0) is 61.2 Å². The number of nitrogens with zero attached hydrogens (tertiary/aromatic N) is 3. The molecule has 6 nitrogen and oxygen atoms in total. The van der Waals surface area contributed by atoms with Crippen molar-refractivity contribution in [2.75, 3.05) is 19.7 Å². The number of ether oxygens (including phenoxy) is 1. The Balaban J connectivity index is 1.92. The average molecular weight is 408 g/mol. The quantitative estimate of drug-likeness (QED) is 0.733. The molecule has 1 saturated heterocycles. The Morgan fingerprint density at radius 2 is 2.16 bits per heavy atom. The number of amides is 1. The first kappa shape index (κ1) is 17.9. The van der Waals surface area contributed by atoms with Crippen LogP contribution < -0.4 is 0 Å². The first-order chi connectivity index (χ1) is 11.9. The minimum Gasteiger partial charge on any atom is -0.466 e. The van der Waals surface area contributed by atoms with Crippen LogP contribution in [-0.4, -0.2) is 45.9 Å². The number of hydrogen-bond acceptors (Lipinski definition) is 4. The van der Waals surface area contributed by atoms with E-state index in [1.165, 1.54) is 0 Å². The van der Waals surface area contributed by atoms with Crippen molar-refractivity contribution in [3.63, 3.8) is 0 Å². The second-order valence-corrected chi connectivity index (χ2v) is 7.34. The summed E-state index contributed by atoms with van der Waals surface area (Å²) in [7, 11) is 0. The predicted octanol–water partition coefficient (Wildman–Crippen LogP) is 3.13. The number of hydrogen-bond donors (Lipinski definition) is 0.